The zero-order chi connectivity index (χ0) is 11.4. The van der Waals surface area contributed by atoms with Gasteiger partial charge in [0.1, 0.15) is 23.7 Å². The minimum Gasteiger partial charge on any atom is -0.466 e. The van der Waals surface area contributed by atoms with Gasteiger partial charge in [-0.15, -0.1) is 0 Å². The van der Waals surface area contributed by atoms with Crippen molar-refractivity contribution in [3.05, 3.63) is 35.3 Å². The molecule has 5 heteroatoms. The van der Waals surface area contributed by atoms with E-state index < -0.39 is 0 Å². The molecular weight excluding hydrogens is 204 g/mol. The van der Waals surface area contributed by atoms with E-state index in [-0.39, 0.29) is 0 Å². The monoisotopic (exact) mass is 220 g/mol. The fourth-order valence-electron chi connectivity index (χ4n) is 1.64. The van der Waals surface area contributed by atoms with Gasteiger partial charge in [-0.25, -0.2) is 4.98 Å². The molecule has 0 aliphatic rings. The second-order valence-corrected chi connectivity index (χ2v) is 3.80. The first-order valence-corrected chi connectivity index (χ1v) is 5.36. The van der Waals surface area contributed by atoms with Crippen molar-refractivity contribution in [1.29, 1.82) is 0 Å². The van der Waals surface area contributed by atoms with Crippen molar-refractivity contribution < 1.29 is 4.42 Å². The predicted octanol–water partition coefficient (Wildman–Crippen LogP) is 1.35. The van der Waals surface area contributed by atoms with Crippen LogP contribution < -0.4 is 5.32 Å². The Kier molecular flexibility index (Phi) is 3.36. The Morgan fingerprint density at radius 3 is 2.94 bits per heavy atom. The summed E-state index contributed by atoms with van der Waals surface area (Å²) in [5, 5.41) is 9.98. The lowest BCUT2D eigenvalue weighted by Crippen LogP contribution is -2.17. The summed E-state index contributed by atoms with van der Waals surface area (Å²) in [6, 6.07) is 2.07. The molecule has 2 N–H and O–H groups in total. The molecular formula is C11H16N4O. The smallest absolute Gasteiger partial charge is 0.137 e. The van der Waals surface area contributed by atoms with Gasteiger partial charge >= 0.3 is 0 Å². The van der Waals surface area contributed by atoms with Gasteiger partial charge in [-0.1, -0.05) is 0 Å². The predicted molar refractivity (Wildman–Crippen MR) is 60.0 cm³/mol. The van der Waals surface area contributed by atoms with E-state index in [9.17, 15) is 0 Å². The van der Waals surface area contributed by atoms with Crippen molar-refractivity contribution in [3.63, 3.8) is 0 Å². The van der Waals surface area contributed by atoms with Crippen LogP contribution in [0.5, 0.6) is 0 Å². The number of rotatable bonds is 5. The SMILES string of the molecule is Cc1cc(CNCCc2ncn[nH]2)c(C)o1. The van der Waals surface area contributed by atoms with Gasteiger partial charge in [0.2, 0.25) is 0 Å². The molecule has 0 amide bonds. The van der Waals surface area contributed by atoms with Gasteiger partial charge in [-0.05, 0) is 19.9 Å². The second-order valence-electron chi connectivity index (χ2n) is 3.80. The third-order valence-corrected chi connectivity index (χ3v) is 2.46. The van der Waals surface area contributed by atoms with Crippen molar-refractivity contribution in [1.82, 2.24) is 20.5 Å². The largest absolute Gasteiger partial charge is 0.466 e. The van der Waals surface area contributed by atoms with Crippen molar-refractivity contribution in [2.24, 2.45) is 0 Å². The van der Waals surface area contributed by atoms with Gasteiger partial charge in [-0.2, -0.15) is 5.10 Å². The summed E-state index contributed by atoms with van der Waals surface area (Å²) in [6.45, 7) is 5.65. The number of nitrogens with one attached hydrogen (secondary N) is 2. The number of furan rings is 1. The molecule has 5 nitrogen and oxygen atoms in total. The van der Waals surface area contributed by atoms with Gasteiger partial charge in [0.15, 0.2) is 0 Å². The first kappa shape index (κ1) is 10.9. The number of hydrogen-bond donors (Lipinski definition) is 2. The van der Waals surface area contributed by atoms with E-state index in [2.05, 4.69) is 26.6 Å². The van der Waals surface area contributed by atoms with E-state index in [4.69, 9.17) is 4.42 Å². The summed E-state index contributed by atoms with van der Waals surface area (Å²) in [5.74, 6) is 2.86. The molecule has 2 heterocycles. The molecule has 2 aromatic rings. The number of nitrogens with zero attached hydrogens (tertiary/aromatic N) is 2. The average Bonchev–Trinajstić information content (AvgIpc) is 2.84. The molecule has 16 heavy (non-hydrogen) atoms. The number of aromatic amines is 1. The molecule has 0 spiro atoms. The molecule has 0 aliphatic carbocycles. The summed E-state index contributed by atoms with van der Waals surface area (Å²) in [5.41, 5.74) is 1.22. The first-order valence-electron chi connectivity index (χ1n) is 5.36. The van der Waals surface area contributed by atoms with Gasteiger partial charge in [0.05, 0.1) is 0 Å². The third-order valence-electron chi connectivity index (χ3n) is 2.46. The van der Waals surface area contributed by atoms with Crippen molar-refractivity contribution in [2.75, 3.05) is 6.54 Å². The topological polar surface area (TPSA) is 66.7 Å². The highest BCUT2D eigenvalue weighted by atomic mass is 16.3. The number of aryl methyl sites for hydroxylation is 2. The third kappa shape index (κ3) is 2.70. The lowest BCUT2D eigenvalue weighted by Gasteiger charge is -2.01. The lowest BCUT2D eigenvalue weighted by molar-refractivity contribution is 0.499. The summed E-state index contributed by atoms with van der Waals surface area (Å²) < 4.78 is 5.45. The Hall–Kier alpha value is -1.62. The quantitative estimate of drug-likeness (QED) is 0.746. The highest BCUT2D eigenvalue weighted by molar-refractivity contribution is 5.19. The van der Waals surface area contributed by atoms with Crippen LogP contribution in [0.1, 0.15) is 22.9 Å². The van der Waals surface area contributed by atoms with E-state index in [0.717, 1.165) is 36.9 Å². The van der Waals surface area contributed by atoms with Crippen LogP contribution in [0, 0.1) is 13.8 Å². The van der Waals surface area contributed by atoms with Gasteiger partial charge in [0, 0.05) is 25.1 Å². The fraction of sp³-hybridized carbons (Fsp3) is 0.455. The fourth-order valence-corrected chi connectivity index (χ4v) is 1.64. The van der Waals surface area contributed by atoms with Crippen LogP contribution in [0.2, 0.25) is 0 Å². The maximum atomic E-state index is 5.45. The standard InChI is InChI=1S/C11H16N4O/c1-8-5-10(9(2)16-8)6-12-4-3-11-13-7-14-15-11/h5,7,12H,3-4,6H2,1-2H3,(H,13,14,15). The number of aromatic nitrogens is 3. The Balaban J connectivity index is 1.74. The second kappa shape index (κ2) is 4.94. The number of hydrogen-bond acceptors (Lipinski definition) is 4. The van der Waals surface area contributed by atoms with Crippen molar-refractivity contribution >= 4 is 0 Å². The summed E-state index contributed by atoms with van der Waals surface area (Å²) in [6.07, 6.45) is 2.38. The van der Waals surface area contributed by atoms with Gasteiger partial charge < -0.3 is 9.73 Å². The van der Waals surface area contributed by atoms with Gasteiger partial charge in [0.25, 0.3) is 0 Å². The molecule has 0 unspecified atom stereocenters. The Morgan fingerprint density at radius 1 is 1.44 bits per heavy atom. The normalized spacial score (nSPS) is 10.9. The molecule has 0 aromatic carbocycles. The van der Waals surface area contributed by atoms with E-state index in [1.807, 2.05) is 13.8 Å². The van der Waals surface area contributed by atoms with E-state index >= 15 is 0 Å². The van der Waals surface area contributed by atoms with E-state index in [0.29, 0.717) is 0 Å². The first-order chi connectivity index (χ1) is 7.75. The molecule has 0 saturated carbocycles. The highest BCUT2D eigenvalue weighted by Crippen LogP contribution is 2.12. The molecule has 0 atom stereocenters. The molecule has 0 bridgehead atoms. The maximum absolute atomic E-state index is 5.45. The molecule has 86 valence electrons. The van der Waals surface area contributed by atoms with Crippen LogP contribution in [-0.2, 0) is 13.0 Å². The average molecular weight is 220 g/mol. The highest BCUT2D eigenvalue weighted by Gasteiger charge is 2.03. The Labute approximate surface area is 94.3 Å². The minimum absolute atomic E-state index is 0.831. The maximum Gasteiger partial charge on any atom is 0.137 e. The Morgan fingerprint density at radius 2 is 2.31 bits per heavy atom. The Bertz CT molecular complexity index is 433. The lowest BCUT2D eigenvalue weighted by atomic mass is 10.2. The molecule has 0 saturated heterocycles. The summed E-state index contributed by atoms with van der Waals surface area (Å²) in [4.78, 5) is 4.06. The number of H-pyrrole nitrogens is 1. The van der Waals surface area contributed by atoms with E-state index in [1.54, 1.807) is 0 Å². The van der Waals surface area contributed by atoms with Crippen molar-refractivity contribution in [3.8, 4) is 0 Å². The van der Waals surface area contributed by atoms with Crippen LogP contribution in [0.4, 0.5) is 0 Å². The van der Waals surface area contributed by atoms with Crippen LogP contribution in [0.15, 0.2) is 16.8 Å². The summed E-state index contributed by atoms with van der Waals surface area (Å²) >= 11 is 0. The zero-order valence-corrected chi connectivity index (χ0v) is 9.58. The summed E-state index contributed by atoms with van der Waals surface area (Å²) in [7, 11) is 0. The van der Waals surface area contributed by atoms with Gasteiger partial charge in [-0.3, -0.25) is 5.10 Å². The zero-order valence-electron chi connectivity index (χ0n) is 9.58. The molecule has 2 aromatic heterocycles. The minimum atomic E-state index is 0.831. The molecule has 0 fully saturated rings. The van der Waals surface area contributed by atoms with Crippen LogP contribution in [-0.4, -0.2) is 21.7 Å². The van der Waals surface area contributed by atoms with Crippen LogP contribution >= 0.6 is 0 Å². The molecule has 0 aliphatic heterocycles. The van der Waals surface area contributed by atoms with Crippen LogP contribution in [0.3, 0.4) is 0 Å². The van der Waals surface area contributed by atoms with E-state index in [1.165, 1.54) is 11.9 Å². The molecule has 2 rings (SSSR count). The van der Waals surface area contributed by atoms with Crippen LogP contribution in [0.25, 0.3) is 0 Å². The van der Waals surface area contributed by atoms with Crippen molar-refractivity contribution in [2.45, 2.75) is 26.8 Å². The molecule has 0 radical (unpaired) electrons.